The number of nitrogens with zero attached hydrogens (tertiary/aromatic N) is 1. The van der Waals surface area contributed by atoms with Crippen molar-refractivity contribution in [1.82, 2.24) is 4.98 Å². The van der Waals surface area contributed by atoms with Crippen LogP contribution >= 0.6 is 11.6 Å². The number of carbonyl (C=O) groups excluding carboxylic acids is 2. The van der Waals surface area contributed by atoms with E-state index in [2.05, 4.69) is 10.3 Å². The fraction of sp³-hybridized carbons (Fsp3) is 0.233. The molecule has 0 saturated heterocycles. The van der Waals surface area contributed by atoms with Crippen LogP contribution in [0, 0.1) is 0 Å². The van der Waals surface area contributed by atoms with Gasteiger partial charge in [0.25, 0.3) is 17.4 Å². The number of fused-ring (bicyclic) bond motifs is 1. The van der Waals surface area contributed by atoms with Gasteiger partial charge in [-0.15, -0.1) is 0 Å². The second kappa shape index (κ2) is 13.2. The number of nitrogens with one attached hydrogen (secondary N) is 2. The molecule has 10 nitrogen and oxygen atoms in total. The van der Waals surface area contributed by atoms with Gasteiger partial charge < -0.3 is 35.1 Å². The number of methoxy groups -OCH3 is 2. The maximum absolute atomic E-state index is 13.5. The number of rotatable bonds is 11. The van der Waals surface area contributed by atoms with E-state index < -0.39 is 11.5 Å². The number of nitrogen functional groups attached to an aromatic ring is 1. The minimum Gasteiger partial charge on any atom is -0.493 e. The predicted octanol–water partition coefficient (Wildman–Crippen LogP) is 5.11. The van der Waals surface area contributed by atoms with Crippen LogP contribution in [0.4, 0.5) is 17.1 Å². The molecule has 0 unspecified atom stereocenters. The van der Waals surface area contributed by atoms with Crippen molar-refractivity contribution in [3.05, 3.63) is 87.2 Å². The zero-order valence-corrected chi connectivity index (χ0v) is 23.7. The number of hydrogen-bond acceptors (Lipinski definition) is 7. The van der Waals surface area contributed by atoms with Crippen molar-refractivity contribution in [1.29, 1.82) is 0 Å². The van der Waals surface area contributed by atoms with Crippen LogP contribution < -0.4 is 31.0 Å². The molecule has 4 aromatic rings. The fourth-order valence-electron chi connectivity index (χ4n) is 4.25. The van der Waals surface area contributed by atoms with E-state index in [1.807, 2.05) is 6.92 Å². The predicted molar refractivity (Wildman–Crippen MR) is 161 cm³/mol. The van der Waals surface area contributed by atoms with E-state index in [0.717, 1.165) is 0 Å². The van der Waals surface area contributed by atoms with Crippen LogP contribution in [-0.2, 0) is 4.74 Å². The Bertz CT molecular complexity index is 1640. The number of nitrogens with two attached hydrogens (primary N) is 1. The van der Waals surface area contributed by atoms with Gasteiger partial charge in [0.2, 0.25) is 0 Å². The highest BCUT2D eigenvalue weighted by Gasteiger charge is 2.20. The Morgan fingerprint density at radius 1 is 1.02 bits per heavy atom. The highest BCUT2D eigenvalue weighted by Crippen LogP contribution is 2.32. The number of ether oxygens (including phenoxy) is 3. The van der Waals surface area contributed by atoms with Crippen LogP contribution in [0.3, 0.4) is 0 Å². The Morgan fingerprint density at radius 2 is 1.83 bits per heavy atom. The summed E-state index contributed by atoms with van der Waals surface area (Å²) in [6.45, 7) is 3.08. The molecule has 1 aromatic heterocycles. The minimum atomic E-state index is -0.696. The van der Waals surface area contributed by atoms with Crippen LogP contribution in [0.25, 0.3) is 10.9 Å². The first kappa shape index (κ1) is 29.4. The fourth-order valence-corrected chi connectivity index (χ4v) is 4.42. The second-order valence-electron chi connectivity index (χ2n) is 9.14. The summed E-state index contributed by atoms with van der Waals surface area (Å²) in [6.07, 6.45) is 0.716. The van der Waals surface area contributed by atoms with E-state index in [1.165, 1.54) is 25.3 Å². The number of benzene rings is 3. The van der Waals surface area contributed by atoms with Crippen molar-refractivity contribution < 1.29 is 23.8 Å². The molecule has 214 valence electrons. The minimum absolute atomic E-state index is 0.148. The second-order valence-corrected chi connectivity index (χ2v) is 9.55. The quantitative estimate of drug-likeness (QED) is 0.166. The van der Waals surface area contributed by atoms with Crippen molar-refractivity contribution in [2.75, 3.05) is 49.9 Å². The summed E-state index contributed by atoms with van der Waals surface area (Å²) in [5.41, 5.74) is 7.32. The molecule has 0 aliphatic rings. The Kier molecular flexibility index (Phi) is 9.49. The Morgan fingerprint density at radius 3 is 2.54 bits per heavy atom. The largest absolute Gasteiger partial charge is 0.493 e. The summed E-state index contributed by atoms with van der Waals surface area (Å²) in [6, 6.07) is 16.4. The number of amides is 2. The number of aromatic amines is 1. The maximum Gasteiger partial charge on any atom is 0.261 e. The van der Waals surface area contributed by atoms with Crippen molar-refractivity contribution in [3.8, 4) is 11.5 Å². The van der Waals surface area contributed by atoms with E-state index in [4.69, 9.17) is 31.5 Å². The molecule has 0 bridgehead atoms. The van der Waals surface area contributed by atoms with Gasteiger partial charge in [-0.3, -0.25) is 14.4 Å². The van der Waals surface area contributed by atoms with E-state index in [9.17, 15) is 14.4 Å². The number of aromatic nitrogens is 1. The van der Waals surface area contributed by atoms with Gasteiger partial charge in [-0.25, -0.2) is 0 Å². The first-order valence-electron chi connectivity index (χ1n) is 12.9. The van der Waals surface area contributed by atoms with Crippen molar-refractivity contribution >= 4 is 51.4 Å². The zero-order chi connectivity index (χ0) is 29.5. The number of carbonyl (C=O) groups is 2. The lowest BCUT2D eigenvalue weighted by molar-refractivity contribution is 0.0984. The average Bonchev–Trinajstić information content (AvgIpc) is 2.96. The van der Waals surface area contributed by atoms with E-state index in [0.29, 0.717) is 58.9 Å². The topological polar surface area (TPSA) is 136 Å². The normalized spacial score (nSPS) is 10.8. The molecule has 0 spiro atoms. The standard InChI is InChI=1S/C30H31ClN4O6/c1-4-10-35(21-7-5-6-20(32)16-21)30(38)18-8-9-23(31)25(14-18)34-29(37)22-13-19-15-27(41-12-11-39-2)26(40-3)17-24(19)33-28(22)36/h5-9,13-17H,4,10-12,32H2,1-3H3,(H,33,36)(H,34,37). The van der Waals surface area contributed by atoms with Gasteiger partial charge in [0.15, 0.2) is 11.5 Å². The number of hydrogen-bond donors (Lipinski definition) is 3. The van der Waals surface area contributed by atoms with Gasteiger partial charge in [-0.2, -0.15) is 0 Å². The van der Waals surface area contributed by atoms with Crippen LogP contribution in [0.1, 0.15) is 34.1 Å². The highest BCUT2D eigenvalue weighted by molar-refractivity contribution is 6.34. The lowest BCUT2D eigenvalue weighted by atomic mass is 10.1. The highest BCUT2D eigenvalue weighted by atomic mass is 35.5. The summed E-state index contributed by atoms with van der Waals surface area (Å²) in [5, 5.41) is 3.43. The van der Waals surface area contributed by atoms with Gasteiger partial charge in [0.05, 0.1) is 29.9 Å². The van der Waals surface area contributed by atoms with E-state index in [1.54, 1.807) is 54.5 Å². The maximum atomic E-state index is 13.5. The SMILES string of the molecule is CCCN(C(=O)c1ccc(Cl)c(NC(=O)c2cc3cc(OCCOC)c(OC)cc3[nH]c2=O)c1)c1cccc(N)c1. The van der Waals surface area contributed by atoms with Gasteiger partial charge >= 0.3 is 0 Å². The first-order valence-corrected chi connectivity index (χ1v) is 13.3. The zero-order valence-electron chi connectivity index (χ0n) is 23.0. The lowest BCUT2D eigenvalue weighted by Crippen LogP contribution is -2.31. The number of halogens is 1. The molecule has 0 aliphatic heterocycles. The molecule has 0 saturated carbocycles. The summed E-state index contributed by atoms with van der Waals surface area (Å²) < 4.78 is 16.1. The van der Waals surface area contributed by atoms with Crippen molar-refractivity contribution in [2.45, 2.75) is 13.3 Å². The summed E-state index contributed by atoms with van der Waals surface area (Å²) >= 11 is 6.38. The smallest absolute Gasteiger partial charge is 0.261 e. The van der Waals surface area contributed by atoms with Crippen LogP contribution in [0.5, 0.6) is 11.5 Å². The Labute approximate surface area is 242 Å². The molecule has 0 radical (unpaired) electrons. The molecule has 0 fully saturated rings. The van der Waals surface area contributed by atoms with E-state index >= 15 is 0 Å². The monoisotopic (exact) mass is 578 g/mol. The third-order valence-corrected chi connectivity index (χ3v) is 6.58. The summed E-state index contributed by atoms with van der Waals surface area (Å²) in [4.78, 5) is 43.9. The lowest BCUT2D eigenvalue weighted by Gasteiger charge is -2.23. The number of anilines is 3. The molecule has 4 N–H and O–H groups in total. The molecule has 4 rings (SSSR count). The van der Waals surface area contributed by atoms with Crippen LogP contribution in [0.2, 0.25) is 5.02 Å². The Balaban J connectivity index is 1.63. The molecular weight excluding hydrogens is 548 g/mol. The average molecular weight is 579 g/mol. The molecule has 3 aromatic carbocycles. The number of H-pyrrole nitrogens is 1. The molecular formula is C30H31ClN4O6. The summed E-state index contributed by atoms with van der Waals surface area (Å²) in [7, 11) is 3.05. The van der Waals surface area contributed by atoms with Gasteiger partial charge in [0, 0.05) is 42.0 Å². The van der Waals surface area contributed by atoms with E-state index in [-0.39, 0.29) is 28.8 Å². The Hall–Kier alpha value is -4.54. The van der Waals surface area contributed by atoms with Gasteiger partial charge in [-0.05, 0) is 55.0 Å². The van der Waals surface area contributed by atoms with Gasteiger partial charge in [-0.1, -0.05) is 24.6 Å². The molecule has 11 heteroatoms. The van der Waals surface area contributed by atoms with Crippen LogP contribution in [0.15, 0.2) is 65.5 Å². The third kappa shape index (κ3) is 6.79. The van der Waals surface area contributed by atoms with Crippen LogP contribution in [-0.4, -0.2) is 50.8 Å². The molecule has 41 heavy (non-hydrogen) atoms. The van der Waals surface area contributed by atoms with Gasteiger partial charge in [0.1, 0.15) is 12.2 Å². The molecule has 0 atom stereocenters. The molecule has 0 aliphatic carbocycles. The van der Waals surface area contributed by atoms with Crippen molar-refractivity contribution in [3.63, 3.8) is 0 Å². The van der Waals surface area contributed by atoms with Crippen molar-refractivity contribution in [2.24, 2.45) is 0 Å². The first-order chi connectivity index (χ1) is 19.7. The summed E-state index contributed by atoms with van der Waals surface area (Å²) in [5.74, 6) is -0.131. The third-order valence-electron chi connectivity index (χ3n) is 6.25. The molecule has 1 heterocycles. The number of pyridine rings is 1. The molecule has 2 amide bonds.